The highest BCUT2D eigenvalue weighted by Gasteiger charge is 2.21. The number of carbonyl (C=O) groups is 1. The van der Waals surface area contributed by atoms with E-state index in [2.05, 4.69) is 5.32 Å². The molecule has 0 aliphatic carbocycles. The third kappa shape index (κ3) is 4.46. The largest absolute Gasteiger partial charge is 0.319 e. The average molecular weight is 412 g/mol. The van der Waals surface area contributed by atoms with Crippen LogP contribution in [-0.4, -0.2) is 21.4 Å². The number of aryl methyl sites for hydroxylation is 2. The summed E-state index contributed by atoms with van der Waals surface area (Å²) in [5.41, 5.74) is 2.50. The van der Waals surface area contributed by atoms with E-state index in [0.717, 1.165) is 15.4 Å². The third-order valence-electron chi connectivity index (χ3n) is 4.55. The zero-order valence-electron chi connectivity index (χ0n) is 16.3. The molecular weight excluding hydrogens is 391 g/mol. The number of carbonyl (C=O) groups excluding carboxylic acids is 1. The predicted octanol–water partition coefficient (Wildman–Crippen LogP) is 4.52. The van der Waals surface area contributed by atoms with Gasteiger partial charge in [-0.05, 0) is 67.9 Å². The summed E-state index contributed by atoms with van der Waals surface area (Å²) in [6.45, 7) is 3.64. The molecule has 7 heteroatoms. The Morgan fingerprint density at radius 3 is 2.07 bits per heavy atom. The Bertz CT molecular complexity index is 1140. The van der Waals surface area contributed by atoms with Crippen LogP contribution < -0.4 is 9.62 Å². The molecule has 0 bridgehead atoms. The second-order valence-corrected chi connectivity index (χ2v) is 8.74. The lowest BCUT2D eigenvalue weighted by Gasteiger charge is -2.20. The van der Waals surface area contributed by atoms with Crippen LogP contribution in [0.2, 0.25) is 0 Å². The lowest BCUT2D eigenvalue weighted by Crippen LogP contribution is -2.26. The van der Waals surface area contributed by atoms with Crippen LogP contribution in [0.15, 0.2) is 71.6 Å². The van der Waals surface area contributed by atoms with Gasteiger partial charge in [0.25, 0.3) is 15.9 Å². The SMILES string of the molecule is Cc1ccc(S(=O)(=O)N(C)c2ccc(C(=O)Nc3ccc(C)cc3F)cc2)cc1. The fourth-order valence-electron chi connectivity index (χ4n) is 2.75. The molecule has 0 aromatic heterocycles. The molecule has 0 unspecified atom stereocenters. The number of sulfonamides is 1. The molecule has 1 amide bonds. The van der Waals surface area contributed by atoms with Gasteiger partial charge in [0.05, 0.1) is 16.3 Å². The van der Waals surface area contributed by atoms with E-state index in [1.165, 1.54) is 43.4 Å². The summed E-state index contributed by atoms with van der Waals surface area (Å²) in [7, 11) is -2.27. The molecule has 0 atom stereocenters. The second kappa shape index (κ2) is 8.05. The molecule has 3 aromatic rings. The second-order valence-electron chi connectivity index (χ2n) is 6.77. The highest BCUT2D eigenvalue weighted by molar-refractivity contribution is 7.92. The van der Waals surface area contributed by atoms with Gasteiger partial charge in [-0.25, -0.2) is 12.8 Å². The van der Waals surface area contributed by atoms with Gasteiger partial charge in [0.15, 0.2) is 0 Å². The van der Waals surface area contributed by atoms with Gasteiger partial charge in [-0.3, -0.25) is 9.10 Å². The van der Waals surface area contributed by atoms with Crippen LogP contribution in [0.5, 0.6) is 0 Å². The summed E-state index contributed by atoms with van der Waals surface area (Å²) in [6.07, 6.45) is 0. The minimum Gasteiger partial charge on any atom is -0.319 e. The Balaban J connectivity index is 1.78. The number of benzene rings is 3. The minimum atomic E-state index is -3.72. The Kier molecular flexibility index (Phi) is 5.70. The maximum atomic E-state index is 13.9. The first kappa shape index (κ1) is 20.5. The van der Waals surface area contributed by atoms with E-state index >= 15 is 0 Å². The number of rotatable bonds is 5. The molecule has 29 heavy (non-hydrogen) atoms. The lowest BCUT2D eigenvalue weighted by atomic mass is 10.1. The Morgan fingerprint density at radius 1 is 0.897 bits per heavy atom. The molecule has 0 saturated carbocycles. The lowest BCUT2D eigenvalue weighted by molar-refractivity contribution is 0.102. The van der Waals surface area contributed by atoms with Crippen LogP contribution in [0.4, 0.5) is 15.8 Å². The van der Waals surface area contributed by atoms with E-state index in [4.69, 9.17) is 0 Å². The molecular formula is C22H21FN2O3S. The maximum absolute atomic E-state index is 13.9. The van der Waals surface area contributed by atoms with E-state index in [1.54, 1.807) is 37.3 Å². The van der Waals surface area contributed by atoms with Gasteiger partial charge >= 0.3 is 0 Å². The highest BCUT2D eigenvalue weighted by Crippen LogP contribution is 2.23. The first-order valence-electron chi connectivity index (χ1n) is 8.91. The smallest absolute Gasteiger partial charge is 0.264 e. The number of anilines is 2. The van der Waals surface area contributed by atoms with Gasteiger partial charge in [0, 0.05) is 12.6 Å². The number of nitrogens with one attached hydrogen (secondary N) is 1. The van der Waals surface area contributed by atoms with E-state index in [9.17, 15) is 17.6 Å². The summed E-state index contributed by atoms with van der Waals surface area (Å²) in [5, 5.41) is 2.52. The van der Waals surface area contributed by atoms with Gasteiger partial charge in [0.2, 0.25) is 0 Å². The first-order valence-corrected chi connectivity index (χ1v) is 10.4. The van der Waals surface area contributed by atoms with Gasteiger partial charge in [-0.1, -0.05) is 23.8 Å². The Morgan fingerprint density at radius 2 is 1.48 bits per heavy atom. The molecule has 0 spiro atoms. The zero-order chi connectivity index (χ0) is 21.2. The number of hydrogen-bond acceptors (Lipinski definition) is 3. The van der Waals surface area contributed by atoms with Crippen LogP contribution in [-0.2, 0) is 10.0 Å². The van der Waals surface area contributed by atoms with Crippen molar-refractivity contribution in [2.45, 2.75) is 18.7 Å². The van der Waals surface area contributed by atoms with Gasteiger partial charge in [-0.15, -0.1) is 0 Å². The molecule has 5 nitrogen and oxygen atoms in total. The van der Waals surface area contributed by atoms with E-state index < -0.39 is 21.7 Å². The Labute approximate surface area is 169 Å². The number of nitrogens with zero attached hydrogens (tertiary/aromatic N) is 1. The van der Waals surface area contributed by atoms with Gasteiger partial charge in [0.1, 0.15) is 5.82 Å². The van der Waals surface area contributed by atoms with Gasteiger partial charge in [-0.2, -0.15) is 0 Å². The van der Waals surface area contributed by atoms with E-state index in [0.29, 0.717) is 5.69 Å². The maximum Gasteiger partial charge on any atom is 0.264 e. The van der Waals surface area contributed by atoms with E-state index in [1.807, 2.05) is 6.92 Å². The van der Waals surface area contributed by atoms with Crippen molar-refractivity contribution in [1.29, 1.82) is 0 Å². The van der Waals surface area contributed by atoms with Crippen molar-refractivity contribution in [1.82, 2.24) is 0 Å². The summed E-state index contributed by atoms with van der Waals surface area (Å²) in [4.78, 5) is 12.6. The summed E-state index contributed by atoms with van der Waals surface area (Å²) >= 11 is 0. The Hall–Kier alpha value is -3.19. The quantitative estimate of drug-likeness (QED) is 0.670. The zero-order valence-corrected chi connectivity index (χ0v) is 17.1. The molecule has 0 aliphatic rings. The van der Waals surface area contributed by atoms with Crippen LogP contribution >= 0.6 is 0 Å². The topological polar surface area (TPSA) is 66.5 Å². The summed E-state index contributed by atoms with van der Waals surface area (Å²) in [5.74, 6) is -0.998. The van der Waals surface area contributed by atoms with Crippen LogP contribution in [0.3, 0.4) is 0 Å². The van der Waals surface area contributed by atoms with Gasteiger partial charge < -0.3 is 5.32 Å². The fraction of sp³-hybridized carbons (Fsp3) is 0.136. The first-order chi connectivity index (χ1) is 13.7. The molecule has 0 aliphatic heterocycles. The molecule has 3 rings (SSSR count). The molecule has 1 N–H and O–H groups in total. The van der Waals surface area contributed by atoms with Crippen LogP contribution in [0, 0.1) is 19.7 Å². The normalized spacial score (nSPS) is 11.2. The van der Waals surface area contributed by atoms with Crippen molar-refractivity contribution >= 4 is 27.3 Å². The van der Waals surface area contributed by atoms with Crippen molar-refractivity contribution in [3.05, 3.63) is 89.2 Å². The number of amides is 1. The summed E-state index contributed by atoms with van der Waals surface area (Å²) in [6, 6.07) is 17.2. The number of hydrogen-bond donors (Lipinski definition) is 1. The van der Waals surface area contributed by atoms with Crippen molar-refractivity contribution in [2.24, 2.45) is 0 Å². The van der Waals surface area contributed by atoms with Crippen LogP contribution in [0.1, 0.15) is 21.5 Å². The molecule has 150 valence electrons. The predicted molar refractivity (Wildman–Crippen MR) is 112 cm³/mol. The van der Waals surface area contributed by atoms with Crippen molar-refractivity contribution in [3.63, 3.8) is 0 Å². The summed E-state index contributed by atoms with van der Waals surface area (Å²) < 4.78 is 40.6. The fourth-order valence-corrected chi connectivity index (χ4v) is 3.94. The highest BCUT2D eigenvalue weighted by atomic mass is 32.2. The molecule has 0 heterocycles. The average Bonchev–Trinajstić information content (AvgIpc) is 2.70. The standard InChI is InChI=1S/C22H21FN2O3S/c1-15-4-11-19(12-5-15)29(27,28)25(3)18-9-7-17(8-10-18)22(26)24-21-13-6-16(2)14-20(21)23/h4-14H,1-3H3,(H,24,26). The number of halogens is 1. The van der Waals surface area contributed by atoms with Crippen molar-refractivity contribution in [3.8, 4) is 0 Å². The third-order valence-corrected chi connectivity index (χ3v) is 6.35. The van der Waals surface area contributed by atoms with Crippen LogP contribution in [0.25, 0.3) is 0 Å². The molecule has 3 aromatic carbocycles. The van der Waals surface area contributed by atoms with Crippen molar-refractivity contribution < 1.29 is 17.6 Å². The minimum absolute atomic E-state index is 0.0868. The van der Waals surface area contributed by atoms with E-state index in [-0.39, 0.29) is 16.1 Å². The molecule has 0 fully saturated rings. The van der Waals surface area contributed by atoms with Crippen molar-refractivity contribution in [2.75, 3.05) is 16.7 Å². The molecule has 0 saturated heterocycles. The molecule has 0 radical (unpaired) electrons. The monoisotopic (exact) mass is 412 g/mol.